The molecule has 0 saturated heterocycles. The van der Waals surface area contributed by atoms with Gasteiger partial charge in [0.05, 0.1) is 12.8 Å². The fourth-order valence-corrected chi connectivity index (χ4v) is 2.37. The molecule has 0 spiro atoms. The van der Waals surface area contributed by atoms with Crippen LogP contribution in [0.4, 0.5) is 5.69 Å². The summed E-state index contributed by atoms with van der Waals surface area (Å²) >= 11 is 3.13. The van der Waals surface area contributed by atoms with Gasteiger partial charge in [0.2, 0.25) is 10.0 Å². The van der Waals surface area contributed by atoms with Crippen molar-refractivity contribution in [1.82, 2.24) is 0 Å². The maximum absolute atomic E-state index is 11.5. The predicted molar refractivity (Wildman–Crippen MR) is 65.2 cm³/mol. The molecule has 94 valence electrons. The predicted octanol–water partition coefficient (Wildman–Crippen LogP) is 1.07. The molecule has 0 amide bonds. The molecule has 0 bridgehead atoms. The van der Waals surface area contributed by atoms with Crippen LogP contribution in [0.5, 0.6) is 5.75 Å². The van der Waals surface area contributed by atoms with Crippen LogP contribution in [0.2, 0.25) is 0 Å². The number of phenolic OH excluding ortho intramolecular Hbond substituents is 1. The highest BCUT2D eigenvalue weighted by atomic mass is 79.9. The van der Waals surface area contributed by atoms with E-state index in [-0.39, 0.29) is 11.4 Å². The van der Waals surface area contributed by atoms with Crippen molar-refractivity contribution >= 4 is 37.6 Å². The number of hydrogen-bond donors (Lipinski definition) is 2. The van der Waals surface area contributed by atoms with E-state index in [4.69, 9.17) is 0 Å². The second-order valence-corrected chi connectivity index (χ2v) is 5.74. The van der Waals surface area contributed by atoms with Gasteiger partial charge in [-0.1, -0.05) is 15.9 Å². The van der Waals surface area contributed by atoms with E-state index in [9.17, 15) is 18.3 Å². The molecule has 2 N–H and O–H groups in total. The Bertz CT molecular complexity index is 528. The molecule has 0 fully saturated rings. The first-order valence-electron chi connectivity index (χ1n) is 4.40. The molecule has 0 radical (unpaired) electrons. The Balaban J connectivity index is 2.90. The zero-order chi connectivity index (χ0) is 13.1. The average molecular weight is 324 g/mol. The molecule has 17 heavy (non-hydrogen) atoms. The lowest BCUT2D eigenvalue weighted by atomic mass is 10.3. The van der Waals surface area contributed by atoms with Crippen molar-refractivity contribution in [1.29, 1.82) is 0 Å². The van der Waals surface area contributed by atoms with Crippen LogP contribution in [-0.2, 0) is 19.6 Å². The van der Waals surface area contributed by atoms with E-state index < -0.39 is 21.7 Å². The van der Waals surface area contributed by atoms with Gasteiger partial charge in [-0.2, -0.15) is 0 Å². The Morgan fingerprint density at radius 2 is 2.18 bits per heavy atom. The molecule has 0 aromatic heterocycles. The molecular weight excluding hydrogens is 314 g/mol. The number of halogens is 1. The summed E-state index contributed by atoms with van der Waals surface area (Å²) in [6.45, 7) is 0. The summed E-state index contributed by atoms with van der Waals surface area (Å²) in [6.07, 6.45) is 0. The van der Waals surface area contributed by atoms with Gasteiger partial charge < -0.3 is 9.84 Å². The molecule has 6 nitrogen and oxygen atoms in total. The lowest BCUT2D eigenvalue weighted by molar-refractivity contribution is -0.137. The van der Waals surface area contributed by atoms with E-state index in [1.807, 2.05) is 0 Å². The van der Waals surface area contributed by atoms with Crippen LogP contribution in [0.1, 0.15) is 0 Å². The van der Waals surface area contributed by atoms with Gasteiger partial charge in [-0.15, -0.1) is 0 Å². The molecule has 0 unspecified atom stereocenters. The van der Waals surface area contributed by atoms with Gasteiger partial charge in [0.1, 0.15) is 5.75 Å². The van der Waals surface area contributed by atoms with E-state index in [1.54, 1.807) is 6.07 Å². The highest BCUT2D eigenvalue weighted by Gasteiger charge is 2.18. The van der Waals surface area contributed by atoms with Gasteiger partial charge in [0, 0.05) is 4.47 Å². The van der Waals surface area contributed by atoms with E-state index >= 15 is 0 Å². The summed E-state index contributed by atoms with van der Waals surface area (Å²) in [5, 5.41) is 9.43. The Hall–Kier alpha value is -1.28. The fraction of sp³-hybridized carbons (Fsp3) is 0.222. The van der Waals surface area contributed by atoms with Gasteiger partial charge in [-0.05, 0) is 18.2 Å². The van der Waals surface area contributed by atoms with Crippen molar-refractivity contribution < 1.29 is 23.1 Å². The molecule has 1 rings (SSSR count). The summed E-state index contributed by atoms with van der Waals surface area (Å²) in [4.78, 5) is 10.9. The maximum Gasteiger partial charge on any atom is 0.322 e. The summed E-state index contributed by atoms with van der Waals surface area (Å²) in [6, 6.07) is 4.25. The molecule has 0 aliphatic carbocycles. The Morgan fingerprint density at radius 1 is 1.53 bits per heavy atom. The third-order valence-corrected chi connectivity index (χ3v) is 3.40. The molecule has 1 aromatic carbocycles. The Kier molecular flexibility index (Phi) is 4.35. The second-order valence-electron chi connectivity index (χ2n) is 3.10. The number of benzene rings is 1. The number of esters is 1. The first-order chi connectivity index (χ1) is 7.84. The quantitative estimate of drug-likeness (QED) is 0.638. The minimum atomic E-state index is -3.89. The molecule has 8 heteroatoms. The third-order valence-electron chi connectivity index (χ3n) is 1.76. The van der Waals surface area contributed by atoms with Crippen LogP contribution >= 0.6 is 15.9 Å². The summed E-state index contributed by atoms with van der Waals surface area (Å²) in [5.74, 6) is -1.93. The smallest absolute Gasteiger partial charge is 0.322 e. The normalized spacial score (nSPS) is 10.9. The van der Waals surface area contributed by atoms with Crippen LogP contribution in [-0.4, -0.2) is 32.4 Å². The van der Waals surface area contributed by atoms with Crippen molar-refractivity contribution in [2.75, 3.05) is 17.6 Å². The molecule has 0 atom stereocenters. The van der Waals surface area contributed by atoms with Gasteiger partial charge >= 0.3 is 5.97 Å². The SMILES string of the molecule is COC(=O)CS(=O)(=O)Nc1cc(Br)ccc1O. The number of carbonyl (C=O) groups is 1. The van der Waals surface area contributed by atoms with Gasteiger partial charge in [-0.3, -0.25) is 9.52 Å². The van der Waals surface area contributed by atoms with Crippen molar-refractivity contribution in [3.8, 4) is 5.75 Å². The van der Waals surface area contributed by atoms with E-state index in [2.05, 4.69) is 25.4 Å². The van der Waals surface area contributed by atoms with Gasteiger partial charge in [-0.25, -0.2) is 8.42 Å². The lowest BCUT2D eigenvalue weighted by Gasteiger charge is -2.08. The van der Waals surface area contributed by atoms with Crippen molar-refractivity contribution in [3.63, 3.8) is 0 Å². The fourth-order valence-electron chi connectivity index (χ4n) is 1.01. The summed E-state index contributed by atoms with van der Waals surface area (Å²) in [7, 11) is -2.80. The maximum atomic E-state index is 11.5. The van der Waals surface area contributed by atoms with E-state index in [1.165, 1.54) is 12.1 Å². The first-order valence-corrected chi connectivity index (χ1v) is 6.84. The number of methoxy groups -OCH3 is 1. The van der Waals surface area contributed by atoms with Crippen LogP contribution in [0.3, 0.4) is 0 Å². The molecule has 0 saturated carbocycles. The van der Waals surface area contributed by atoms with Gasteiger partial charge in [0.15, 0.2) is 5.75 Å². The van der Waals surface area contributed by atoms with Crippen LogP contribution in [0.25, 0.3) is 0 Å². The number of phenols is 1. The number of aromatic hydroxyl groups is 1. The number of hydrogen-bond acceptors (Lipinski definition) is 5. The van der Waals surface area contributed by atoms with Crippen LogP contribution in [0, 0.1) is 0 Å². The van der Waals surface area contributed by atoms with E-state index in [0.29, 0.717) is 4.47 Å². The number of nitrogens with one attached hydrogen (secondary N) is 1. The first kappa shape index (κ1) is 13.8. The topological polar surface area (TPSA) is 92.7 Å². The number of carbonyl (C=O) groups excluding carboxylic acids is 1. The van der Waals surface area contributed by atoms with Gasteiger partial charge in [0.25, 0.3) is 0 Å². The number of sulfonamides is 1. The minimum Gasteiger partial charge on any atom is -0.506 e. The van der Waals surface area contributed by atoms with Crippen molar-refractivity contribution in [2.24, 2.45) is 0 Å². The van der Waals surface area contributed by atoms with Crippen molar-refractivity contribution in [3.05, 3.63) is 22.7 Å². The molecule has 0 aliphatic rings. The number of rotatable bonds is 4. The summed E-state index contributed by atoms with van der Waals surface area (Å²) < 4.78 is 29.9. The minimum absolute atomic E-state index is 0.0109. The molecule has 0 heterocycles. The summed E-state index contributed by atoms with van der Waals surface area (Å²) in [5.41, 5.74) is -0.0109. The standard InChI is InChI=1S/C9H10BrNO5S/c1-16-9(13)5-17(14,15)11-7-4-6(10)2-3-8(7)12/h2-4,11-12H,5H2,1H3. The molecule has 0 aliphatic heterocycles. The zero-order valence-electron chi connectivity index (χ0n) is 8.81. The number of anilines is 1. The van der Waals surface area contributed by atoms with Crippen molar-refractivity contribution in [2.45, 2.75) is 0 Å². The monoisotopic (exact) mass is 323 g/mol. The lowest BCUT2D eigenvalue weighted by Crippen LogP contribution is -2.23. The largest absolute Gasteiger partial charge is 0.506 e. The number of ether oxygens (including phenoxy) is 1. The third kappa shape index (κ3) is 4.23. The average Bonchev–Trinajstić information content (AvgIpc) is 2.22. The molecule has 1 aromatic rings. The Morgan fingerprint density at radius 3 is 2.76 bits per heavy atom. The second kappa shape index (κ2) is 5.37. The van der Waals surface area contributed by atoms with Crippen LogP contribution < -0.4 is 4.72 Å². The molecular formula is C9H10BrNO5S. The zero-order valence-corrected chi connectivity index (χ0v) is 11.2. The Labute approximate surface area is 107 Å². The van der Waals surface area contributed by atoms with E-state index in [0.717, 1.165) is 7.11 Å². The van der Waals surface area contributed by atoms with Crippen LogP contribution in [0.15, 0.2) is 22.7 Å². The highest BCUT2D eigenvalue weighted by molar-refractivity contribution is 9.10. The highest BCUT2D eigenvalue weighted by Crippen LogP contribution is 2.27.